The number of aliphatic hydroxyl groups is 1. The lowest BCUT2D eigenvalue weighted by Gasteiger charge is -2.26. The summed E-state index contributed by atoms with van der Waals surface area (Å²) >= 11 is 0. The molecule has 1 aromatic carbocycles. The molecule has 1 fully saturated rings. The summed E-state index contributed by atoms with van der Waals surface area (Å²) in [5.41, 5.74) is 5.33. The molecule has 2 heterocycles. The molecule has 198 valence electrons. The van der Waals surface area contributed by atoms with Crippen LogP contribution in [0.3, 0.4) is 0 Å². The van der Waals surface area contributed by atoms with E-state index in [0.717, 1.165) is 29.2 Å². The molecule has 0 bridgehead atoms. The van der Waals surface area contributed by atoms with Gasteiger partial charge < -0.3 is 19.7 Å². The normalized spacial score (nSPS) is 18.1. The summed E-state index contributed by atoms with van der Waals surface area (Å²) < 4.78 is 8.63. The largest absolute Gasteiger partial charge is 0.492 e. The second-order valence-electron chi connectivity index (χ2n) is 13.5. The number of fused-ring (bicyclic) bond motifs is 1. The molecule has 0 radical (unpaired) electrons. The van der Waals surface area contributed by atoms with E-state index in [1.807, 2.05) is 0 Å². The van der Waals surface area contributed by atoms with E-state index in [-0.39, 0.29) is 23.3 Å². The lowest BCUT2D eigenvalue weighted by Crippen LogP contribution is -2.38. The van der Waals surface area contributed by atoms with Crippen LogP contribution in [0, 0.1) is 12.8 Å². The van der Waals surface area contributed by atoms with Gasteiger partial charge in [0.25, 0.3) is 5.91 Å². The summed E-state index contributed by atoms with van der Waals surface area (Å²) in [4.78, 5) is 13.3. The fourth-order valence-electron chi connectivity index (χ4n) is 5.69. The Labute approximate surface area is 217 Å². The molecule has 1 aliphatic carbocycles. The summed E-state index contributed by atoms with van der Waals surface area (Å²) in [5, 5.41) is 13.1. The predicted molar refractivity (Wildman–Crippen MR) is 147 cm³/mol. The smallest absolute Gasteiger partial charge is 0.253 e. The highest BCUT2D eigenvalue weighted by atomic mass is 16.5. The molecular formula is C31H46N2O3. The van der Waals surface area contributed by atoms with Crippen LogP contribution in [-0.4, -0.2) is 34.3 Å². The second-order valence-corrected chi connectivity index (χ2v) is 13.5. The minimum atomic E-state index is -0.954. The van der Waals surface area contributed by atoms with E-state index in [1.165, 1.54) is 43.2 Å². The minimum Gasteiger partial charge on any atom is -0.492 e. The Morgan fingerprint density at radius 2 is 1.78 bits per heavy atom. The third-order valence-corrected chi connectivity index (χ3v) is 7.96. The van der Waals surface area contributed by atoms with Gasteiger partial charge in [-0.1, -0.05) is 53.9 Å². The molecule has 1 aromatic heterocycles. The summed E-state index contributed by atoms with van der Waals surface area (Å²) in [6.45, 7) is 18.5. The van der Waals surface area contributed by atoms with Gasteiger partial charge in [0.05, 0.1) is 17.8 Å². The molecular weight excluding hydrogens is 448 g/mol. The number of benzene rings is 1. The Morgan fingerprint density at radius 3 is 2.39 bits per heavy atom. The molecule has 1 aliphatic heterocycles. The maximum absolute atomic E-state index is 13.3. The van der Waals surface area contributed by atoms with Gasteiger partial charge in [0.1, 0.15) is 5.75 Å². The van der Waals surface area contributed by atoms with Crippen molar-refractivity contribution in [2.45, 2.75) is 110 Å². The zero-order valence-corrected chi connectivity index (χ0v) is 23.7. The third-order valence-electron chi connectivity index (χ3n) is 7.96. The number of amides is 1. The summed E-state index contributed by atoms with van der Waals surface area (Å²) in [5.74, 6) is 1.54. The standard InChI is InChI=1S/C31H46N2O3/c1-20-23(28(34)32-18-31(7,8)35)16-26(33(20)17-21-12-10-9-11-13-21)22-14-24(29(2,3)4)27-25(15-22)30(5,6)19-36-27/h14-16,21,35H,9-13,17-19H2,1-8H3,(H,32,34). The summed E-state index contributed by atoms with van der Waals surface area (Å²) in [7, 11) is 0. The van der Waals surface area contributed by atoms with Gasteiger partial charge in [0.15, 0.2) is 0 Å². The number of hydrogen-bond donors (Lipinski definition) is 2. The van der Waals surface area contributed by atoms with Crippen LogP contribution in [0.5, 0.6) is 5.75 Å². The average Bonchev–Trinajstić information content (AvgIpc) is 3.27. The zero-order chi connectivity index (χ0) is 26.5. The third kappa shape index (κ3) is 5.51. The van der Waals surface area contributed by atoms with Gasteiger partial charge in [0, 0.05) is 41.0 Å². The molecule has 2 aliphatic rings. The SMILES string of the molecule is Cc1c(C(=O)NCC(C)(C)O)cc(-c2cc(C(C)(C)C)c3c(c2)C(C)(C)CO3)n1CC1CCCCC1. The van der Waals surface area contributed by atoms with Crippen LogP contribution in [-0.2, 0) is 17.4 Å². The lowest BCUT2D eigenvalue weighted by atomic mass is 9.79. The van der Waals surface area contributed by atoms with Crippen LogP contribution in [0.2, 0.25) is 0 Å². The highest BCUT2D eigenvalue weighted by Gasteiger charge is 2.37. The van der Waals surface area contributed by atoms with Crippen molar-refractivity contribution >= 4 is 5.91 Å². The van der Waals surface area contributed by atoms with Crippen molar-refractivity contribution in [2.75, 3.05) is 13.2 Å². The summed E-state index contributed by atoms with van der Waals surface area (Å²) in [6, 6.07) is 6.64. The molecule has 0 atom stereocenters. The van der Waals surface area contributed by atoms with Gasteiger partial charge in [-0.3, -0.25) is 4.79 Å². The second kappa shape index (κ2) is 9.55. The summed E-state index contributed by atoms with van der Waals surface area (Å²) in [6.07, 6.45) is 6.40. The highest BCUT2D eigenvalue weighted by Crippen LogP contribution is 2.47. The van der Waals surface area contributed by atoms with E-state index in [1.54, 1.807) is 13.8 Å². The molecule has 0 saturated heterocycles. The van der Waals surface area contributed by atoms with E-state index in [4.69, 9.17) is 4.74 Å². The van der Waals surface area contributed by atoms with Crippen molar-refractivity contribution < 1.29 is 14.6 Å². The Hall–Kier alpha value is -2.27. The van der Waals surface area contributed by atoms with Crippen molar-refractivity contribution in [3.8, 4) is 17.0 Å². The topological polar surface area (TPSA) is 63.5 Å². The Bertz CT molecular complexity index is 1120. The van der Waals surface area contributed by atoms with Crippen molar-refractivity contribution in [1.82, 2.24) is 9.88 Å². The maximum atomic E-state index is 13.3. The van der Waals surface area contributed by atoms with Crippen LogP contribution >= 0.6 is 0 Å². The van der Waals surface area contributed by atoms with Crippen LogP contribution in [0.25, 0.3) is 11.3 Å². The van der Waals surface area contributed by atoms with Crippen molar-refractivity contribution in [1.29, 1.82) is 0 Å². The van der Waals surface area contributed by atoms with E-state index in [9.17, 15) is 9.90 Å². The fourth-order valence-corrected chi connectivity index (χ4v) is 5.69. The molecule has 0 unspecified atom stereocenters. The molecule has 1 amide bonds. The first-order valence-electron chi connectivity index (χ1n) is 13.7. The van der Waals surface area contributed by atoms with E-state index >= 15 is 0 Å². The van der Waals surface area contributed by atoms with E-state index < -0.39 is 5.60 Å². The Balaban J connectivity index is 1.84. The van der Waals surface area contributed by atoms with Crippen LogP contribution in [0.15, 0.2) is 18.2 Å². The lowest BCUT2D eigenvalue weighted by molar-refractivity contribution is 0.0694. The highest BCUT2D eigenvalue weighted by molar-refractivity contribution is 5.97. The fraction of sp³-hybridized carbons (Fsp3) is 0.645. The molecule has 2 N–H and O–H groups in total. The van der Waals surface area contributed by atoms with Gasteiger partial charge in [-0.05, 0) is 68.7 Å². The van der Waals surface area contributed by atoms with Crippen LogP contribution in [0.4, 0.5) is 0 Å². The van der Waals surface area contributed by atoms with Crippen molar-refractivity contribution in [2.24, 2.45) is 5.92 Å². The molecule has 0 spiro atoms. The van der Waals surface area contributed by atoms with Gasteiger partial charge in [0.2, 0.25) is 0 Å². The van der Waals surface area contributed by atoms with Gasteiger partial charge in [-0.25, -0.2) is 0 Å². The van der Waals surface area contributed by atoms with Crippen LogP contribution < -0.4 is 10.1 Å². The molecule has 5 nitrogen and oxygen atoms in total. The Kier molecular flexibility index (Phi) is 7.11. The number of rotatable bonds is 6. The van der Waals surface area contributed by atoms with E-state index in [2.05, 4.69) is 69.6 Å². The number of hydrogen-bond acceptors (Lipinski definition) is 3. The number of aromatic nitrogens is 1. The molecule has 36 heavy (non-hydrogen) atoms. The van der Waals surface area contributed by atoms with Gasteiger partial charge >= 0.3 is 0 Å². The number of ether oxygens (including phenoxy) is 1. The van der Waals surface area contributed by atoms with Gasteiger partial charge in [-0.2, -0.15) is 0 Å². The first kappa shape index (κ1) is 26.8. The van der Waals surface area contributed by atoms with Crippen molar-refractivity contribution in [3.05, 3.63) is 40.6 Å². The molecule has 5 heteroatoms. The number of carbonyl (C=O) groups excluding carboxylic acids is 1. The maximum Gasteiger partial charge on any atom is 0.253 e. The monoisotopic (exact) mass is 494 g/mol. The quantitative estimate of drug-likeness (QED) is 0.481. The number of nitrogens with one attached hydrogen (secondary N) is 1. The molecule has 1 saturated carbocycles. The average molecular weight is 495 g/mol. The number of carbonyl (C=O) groups is 1. The van der Waals surface area contributed by atoms with Gasteiger partial charge in [-0.15, -0.1) is 0 Å². The van der Waals surface area contributed by atoms with Crippen molar-refractivity contribution in [3.63, 3.8) is 0 Å². The molecule has 4 rings (SSSR count). The first-order valence-corrected chi connectivity index (χ1v) is 13.7. The van der Waals surface area contributed by atoms with Crippen LogP contribution in [0.1, 0.15) is 108 Å². The number of nitrogens with zero attached hydrogens (tertiary/aromatic N) is 1. The molecule has 2 aromatic rings. The first-order chi connectivity index (χ1) is 16.7. The predicted octanol–water partition coefficient (Wildman–Crippen LogP) is 6.51. The Morgan fingerprint density at radius 1 is 1.11 bits per heavy atom. The van der Waals surface area contributed by atoms with E-state index in [0.29, 0.717) is 18.1 Å². The zero-order valence-electron chi connectivity index (χ0n) is 23.7. The minimum absolute atomic E-state index is 0.0614.